The van der Waals surface area contributed by atoms with Crippen LogP contribution in [0.2, 0.25) is 0 Å². The average molecular weight is 324 g/mol. The van der Waals surface area contributed by atoms with E-state index >= 15 is 0 Å². The van der Waals surface area contributed by atoms with Crippen LogP contribution in [0.4, 0.5) is 0 Å². The molecule has 4 heteroatoms. The lowest BCUT2D eigenvalue weighted by molar-refractivity contribution is 0.368. The van der Waals surface area contributed by atoms with Gasteiger partial charge in [-0.1, -0.05) is 38.8 Å². The minimum Gasteiger partial charge on any atom is -0.276 e. The first-order valence-electron chi connectivity index (χ1n) is 4.76. The highest BCUT2D eigenvalue weighted by Crippen LogP contribution is 2.30. The second kappa shape index (κ2) is 5.31. The van der Waals surface area contributed by atoms with Crippen LogP contribution in [0.3, 0.4) is 0 Å². The Balaban J connectivity index is 2.73. The molecule has 0 saturated carbocycles. The molecular weight excluding hydrogens is 308 g/mol. The molecule has 0 aromatic carbocycles. The van der Waals surface area contributed by atoms with Gasteiger partial charge in [-0.25, -0.2) is 0 Å². The summed E-state index contributed by atoms with van der Waals surface area (Å²) in [5.74, 6) is 0. The summed E-state index contributed by atoms with van der Waals surface area (Å²) in [6.45, 7) is 2.23. The smallest absolute Gasteiger partial charge is 0.0630 e. The first kappa shape index (κ1) is 12.2. The molecule has 0 aliphatic rings. The molecule has 0 unspecified atom stereocenters. The third kappa shape index (κ3) is 2.83. The van der Waals surface area contributed by atoms with Crippen LogP contribution in [0.5, 0.6) is 0 Å². The van der Waals surface area contributed by atoms with Crippen LogP contribution in [-0.2, 0) is 13.5 Å². The number of hydrogen-bond donors (Lipinski definition) is 0. The van der Waals surface area contributed by atoms with Gasteiger partial charge in [0.15, 0.2) is 0 Å². The van der Waals surface area contributed by atoms with E-state index in [1.54, 1.807) is 0 Å². The maximum Gasteiger partial charge on any atom is 0.0630 e. The Kier molecular flexibility index (Phi) is 4.64. The van der Waals surface area contributed by atoms with E-state index in [1.807, 2.05) is 17.9 Å². The summed E-state index contributed by atoms with van der Waals surface area (Å²) in [6.07, 6.45) is 4.18. The Morgan fingerprint density at radius 1 is 1.43 bits per heavy atom. The predicted octanol–water partition coefficient (Wildman–Crippen LogP) is 3.15. The summed E-state index contributed by atoms with van der Waals surface area (Å²) < 4.78 is 1.86. The lowest BCUT2D eigenvalue weighted by Crippen LogP contribution is -2.27. The van der Waals surface area contributed by atoms with Crippen LogP contribution in [-0.4, -0.2) is 20.4 Å². The summed E-state index contributed by atoms with van der Waals surface area (Å²) in [5.41, 5.74) is 1.47. The second-order valence-corrected chi connectivity index (χ2v) is 4.90. The van der Waals surface area contributed by atoms with Gasteiger partial charge >= 0.3 is 0 Å². The predicted molar refractivity (Wildman–Crippen MR) is 67.2 cm³/mol. The van der Waals surface area contributed by atoms with E-state index in [9.17, 15) is 0 Å². The van der Waals surface area contributed by atoms with Crippen molar-refractivity contribution in [2.75, 3.05) is 10.7 Å². The van der Waals surface area contributed by atoms with Crippen LogP contribution < -0.4 is 0 Å². The topological polar surface area (TPSA) is 17.8 Å². The van der Waals surface area contributed by atoms with Crippen molar-refractivity contribution in [3.63, 3.8) is 0 Å². The van der Waals surface area contributed by atoms with E-state index in [2.05, 4.69) is 49.9 Å². The van der Waals surface area contributed by atoms with E-state index in [-0.39, 0.29) is 0 Å². The maximum absolute atomic E-state index is 4.41. The monoisotopic (exact) mass is 322 g/mol. The molecule has 1 aromatic heterocycles. The second-order valence-electron chi connectivity index (χ2n) is 3.78. The molecule has 0 radical (unpaired) electrons. The van der Waals surface area contributed by atoms with Crippen LogP contribution in [0.15, 0.2) is 12.3 Å². The molecule has 80 valence electrons. The lowest BCUT2D eigenvalue weighted by Gasteiger charge is -2.27. The summed E-state index contributed by atoms with van der Waals surface area (Å²) >= 11 is 7.19. The molecule has 0 bridgehead atoms. The van der Waals surface area contributed by atoms with Crippen LogP contribution in [0.1, 0.15) is 19.0 Å². The molecular formula is C10H16Br2N2. The van der Waals surface area contributed by atoms with Crippen molar-refractivity contribution < 1.29 is 0 Å². The average Bonchev–Trinajstić information content (AvgIpc) is 2.61. The molecule has 0 N–H and O–H groups in total. The third-order valence-electron chi connectivity index (χ3n) is 2.64. The number of aromatic nitrogens is 2. The highest BCUT2D eigenvalue weighted by atomic mass is 79.9. The van der Waals surface area contributed by atoms with Crippen LogP contribution in [0, 0.1) is 5.41 Å². The van der Waals surface area contributed by atoms with E-state index in [0.717, 1.165) is 23.5 Å². The van der Waals surface area contributed by atoms with Crippen molar-refractivity contribution in [2.24, 2.45) is 12.5 Å². The van der Waals surface area contributed by atoms with Gasteiger partial charge in [-0.15, -0.1) is 0 Å². The molecule has 2 nitrogen and oxygen atoms in total. The molecule has 0 amide bonds. The Morgan fingerprint density at radius 2 is 2.07 bits per heavy atom. The van der Waals surface area contributed by atoms with Crippen molar-refractivity contribution in [1.82, 2.24) is 9.78 Å². The van der Waals surface area contributed by atoms with Gasteiger partial charge < -0.3 is 0 Å². The van der Waals surface area contributed by atoms with E-state index in [4.69, 9.17) is 0 Å². The Labute approximate surface area is 102 Å². The first-order chi connectivity index (χ1) is 6.65. The number of nitrogens with zero attached hydrogens (tertiary/aromatic N) is 2. The minimum absolute atomic E-state index is 0.300. The van der Waals surface area contributed by atoms with E-state index < -0.39 is 0 Å². The van der Waals surface area contributed by atoms with Gasteiger partial charge in [-0.05, 0) is 24.3 Å². The Hall–Kier alpha value is 0.170. The van der Waals surface area contributed by atoms with Crippen molar-refractivity contribution in [3.05, 3.63) is 18.0 Å². The standard InChI is InChI=1S/C10H16Br2N2/c1-3-10(7-11,8-12)6-9-4-5-14(2)13-9/h4-5H,3,6-8H2,1-2H3. The van der Waals surface area contributed by atoms with Gasteiger partial charge in [0.2, 0.25) is 0 Å². The van der Waals surface area contributed by atoms with Gasteiger partial charge in [-0.3, -0.25) is 4.68 Å². The van der Waals surface area contributed by atoms with Gasteiger partial charge in [0.25, 0.3) is 0 Å². The largest absolute Gasteiger partial charge is 0.276 e. The summed E-state index contributed by atoms with van der Waals surface area (Å²) in [4.78, 5) is 0. The molecule has 14 heavy (non-hydrogen) atoms. The third-order valence-corrected chi connectivity index (χ3v) is 5.02. The van der Waals surface area contributed by atoms with Crippen molar-refractivity contribution in [2.45, 2.75) is 19.8 Å². The zero-order valence-electron chi connectivity index (χ0n) is 8.63. The Morgan fingerprint density at radius 3 is 2.43 bits per heavy atom. The summed E-state index contributed by atoms with van der Waals surface area (Å²) in [6, 6.07) is 2.09. The number of halogens is 2. The molecule has 0 aliphatic heterocycles. The summed E-state index contributed by atoms with van der Waals surface area (Å²) in [7, 11) is 1.96. The Bertz CT molecular complexity index is 271. The molecule has 1 aromatic rings. The van der Waals surface area contributed by atoms with Gasteiger partial charge in [0.1, 0.15) is 0 Å². The zero-order valence-corrected chi connectivity index (χ0v) is 11.8. The quantitative estimate of drug-likeness (QED) is 0.761. The first-order valence-corrected chi connectivity index (χ1v) is 7.00. The number of alkyl halides is 2. The van der Waals surface area contributed by atoms with Crippen molar-refractivity contribution in [1.29, 1.82) is 0 Å². The molecule has 1 rings (SSSR count). The molecule has 0 fully saturated rings. The van der Waals surface area contributed by atoms with Gasteiger partial charge in [0.05, 0.1) is 5.69 Å². The number of rotatable bonds is 5. The van der Waals surface area contributed by atoms with Crippen LogP contribution in [0.25, 0.3) is 0 Å². The highest BCUT2D eigenvalue weighted by Gasteiger charge is 2.26. The number of aryl methyl sites for hydroxylation is 1. The van der Waals surface area contributed by atoms with Gasteiger partial charge in [0, 0.05) is 23.9 Å². The van der Waals surface area contributed by atoms with Crippen molar-refractivity contribution in [3.8, 4) is 0 Å². The highest BCUT2D eigenvalue weighted by molar-refractivity contribution is 9.09. The minimum atomic E-state index is 0.300. The number of hydrogen-bond acceptors (Lipinski definition) is 1. The van der Waals surface area contributed by atoms with Crippen LogP contribution >= 0.6 is 31.9 Å². The maximum atomic E-state index is 4.41. The fourth-order valence-electron chi connectivity index (χ4n) is 1.39. The lowest BCUT2D eigenvalue weighted by atomic mass is 9.85. The normalized spacial score (nSPS) is 12.0. The van der Waals surface area contributed by atoms with E-state index in [0.29, 0.717) is 5.41 Å². The van der Waals surface area contributed by atoms with Gasteiger partial charge in [-0.2, -0.15) is 5.10 Å². The fourth-order valence-corrected chi connectivity index (χ4v) is 3.50. The SMILES string of the molecule is CCC(CBr)(CBr)Cc1ccn(C)n1. The fraction of sp³-hybridized carbons (Fsp3) is 0.700. The van der Waals surface area contributed by atoms with Crippen molar-refractivity contribution >= 4 is 31.9 Å². The molecule has 0 spiro atoms. The molecule has 0 saturated heterocycles. The van der Waals surface area contributed by atoms with E-state index in [1.165, 1.54) is 5.69 Å². The molecule has 0 atom stereocenters. The summed E-state index contributed by atoms with van der Waals surface area (Å²) in [5, 5.41) is 6.44. The molecule has 0 aliphatic carbocycles. The molecule has 1 heterocycles. The zero-order chi connectivity index (χ0) is 10.6.